The zero-order valence-electron chi connectivity index (χ0n) is 15.6. The van der Waals surface area contributed by atoms with Crippen molar-refractivity contribution < 1.29 is 13.9 Å². The normalized spacial score (nSPS) is 14.5. The molecule has 0 saturated carbocycles. The summed E-state index contributed by atoms with van der Waals surface area (Å²) in [7, 11) is 0. The minimum atomic E-state index is -0.235. The lowest BCUT2D eigenvalue weighted by Gasteiger charge is -2.36. The van der Waals surface area contributed by atoms with E-state index in [0.717, 1.165) is 41.2 Å². The molecule has 3 rings (SSSR count). The fraction of sp³-hybridized carbons (Fsp3) is 0.381. The number of carbonyl (C=O) groups is 1. The van der Waals surface area contributed by atoms with Gasteiger partial charge < -0.3 is 14.5 Å². The molecule has 5 heteroatoms. The fourth-order valence-electron chi connectivity index (χ4n) is 3.24. The van der Waals surface area contributed by atoms with Gasteiger partial charge in [0, 0.05) is 31.9 Å². The maximum absolute atomic E-state index is 13.0. The van der Waals surface area contributed by atoms with Crippen LogP contribution >= 0.6 is 0 Å². The number of halogens is 1. The zero-order chi connectivity index (χ0) is 18.7. The summed E-state index contributed by atoms with van der Waals surface area (Å²) in [6.07, 6.45) is 0. The number of amides is 1. The van der Waals surface area contributed by atoms with E-state index in [-0.39, 0.29) is 18.3 Å². The molecule has 1 saturated heterocycles. The lowest BCUT2D eigenvalue weighted by atomic mass is 10.1. The van der Waals surface area contributed by atoms with Gasteiger partial charge in [0.1, 0.15) is 11.6 Å². The molecule has 1 amide bonds. The van der Waals surface area contributed by atoms with Crippen LogP contribution in [0.15, 0.2) is 36.4 Å². The summed E-state index contributed by atoms with van der Waals surface area (Å²) in [5.74, 6) is 0.578. The second-order valence-corrected chi connectivity index (χ2v) is 6.79. The molecule has 4 nitrogen and oxygen atoms in total. The Morgan fingerprint density at radius 1 is 0.962 bits per heavy atom. The van der Waals surface area contributed by atoms with Crippen molar-refractivity contribution in [1.29, 1.82) is 0 Å². The number of aryl methyl sites for hydroxylation is 2. The summed E-state index contributed by atoms with van der Waals surface area (Å²) >= 11 is 0. The zero-order valence-corrected chi connectivity index (χ0v) is 15.6. The van der Waals surface area contributed by atoms with Gasteiger partial charge in [-0.3, -0.25) is 4.79 Å². The van der Waals surface area contributed by atoms with E-state index in [9.17, 15) is 9.18 Å². The third-order valence-corrected chi connectivity index (χ3v) is 5.04. The molecular formula is C21H25FN2O2. The van der Waals surface area contributed by atoms with Gasteiger partial charge in [-0.25, -0.2) is 4.39 Å². The third-order valence-electron chi connectivity index (χ3n) is 5.04. The number of hydrogen-bond donors (Lipinski definition) is 0. The van der Waals surface area contributed by atoms with Crippen molar-refractivity contribution in [3.8, 4) is 5.75 Å². The molecular weight excluding hydrogens is 331 g/mol. The van der Waals surface area contributed by atoms with Gasteiger partial charge in [-0.1, -0.05) is 12.1 Å². The first-order valence-corrected chi connectivity index (χ1v) is 8.93. The minimum absolute atomic E-state index is 0.00376. The molecule has 2 aromatic carbocycles. The van der Waals surface area contributed by atoms with Gasteiger partial charge in [0.2, 0.25) is 0 Å². The summed E-state index contributed by atoms with van der Waals surface area (Å²) in [6, 6.07) is 10.6. The van der Waals surface area contributed by atoms with Crippen LogP contribution in [0.4, 0.5) is 10.1 Å². The van der Waals surface area contributed by atoms with Crippen LogP contribution in [-0.4, -0.2) is 43.6 Å². The van der Waals surface area contributed by atoms with E-state index in [4.69, 9.17) is 4.74 Å². The van der Waals surface area contributed by atoms with Crippen LogP contribution in [0.3, 0.4) is 0 Å². The highest BCUT2D eigenvalue weighted by molar-refractivity contribution is 5.78. The molecule has 0 N–H and O–H groups in total. The molecule has 1 aliphatic rings. The second-order valence-electron chi connectivity index (χ2n) is 6.79. The van der Waals surface area contributed by atoms with Crippen LogP contribution in [0.5, 0.6) is 5.75 Å². The van der Waals surface area contributed by atoms with Crippen LogP contribution in [0.25, 0.3) is 0 Å². The molecule has 26 heavy (non-hydrogen) atoms. The summed E-state index contributed by atoms with van der Waals surface area (Å²) in [5, 5.41) is 0. The van der Waals surface area contributed by atoms with Crippen LogP contribution < -0.4 is 9.64 Å². The lowest BCUT2D eigenvalue weighted by molar-refractivity contribution is -0.133. The Balaban J connectivity index is 1.54. The standard InChI is InChI=1S/C21H25FN2O2/c1-15-4-5-16(2)21(17(15)3)26-14-20(25)24-12-10-23(11-13-24)19-8-6-18(22)7-9-19/h4-9H,10-14H2,1-3H3. The van der Waals surface area contributed by atoms with E-state index < -0.39 is 0 Å². The number of carbonyl (C=O) groups excluding carboxylic acids is 1. The number of hydrogen-bond acceptors (Lipinski definition) is 3. The molecule has 0 bridgehead atoms. The number of nitrogens with zero attached hydrogens (tertiary/aromatic N) is 2. The van der Waals surface area contributed by atoms with E-state index in [1.54, 1.807) is 12.1 Å². The van der Waals surface area contributed by atoms with Crippen LogP contribution in [0.2, 0.25) is 0 Å². The van der Waals surface area contributed by atoms with Gasteiger partial charge in [-0.15, -0.1) is 0 Å². The highest BCUT2D eigenvalue weighted by Gasteiger charge is 2.22. The van der Waals surface area contributed by atoms with Crippen molar-refractivity contribution in [3.63, 3.8) is 0 Å². The first-order chi connectivity index (χ1) is 12.5. The van der Waals surface area contributed by atoms with Gasteiger partial charge >= 0.3 is 0 Å². The summed E-state index contributed by atoms with van der Waals surface area (Å²) in [6.45, 7) is 8.87. The molecule has 0 radical (unpaired) electrons. The van der Waals surface area contributed by atoms with Crippen molar-refractivity contribution in [2.24, 2.45) is 0 Å². The highest BCUT2D eigenvalue weighted by Crippen LogP contribution is 2.25. The van der Waals surface area contributed by atoms with E-state index in [0.29, 0.717) is 13.1 Å². The number of anilines is 1. The molecule has 0 unspecified atom stereocenters. The van der Waals surface area contributed by atoms with Crippen molar-refractivity contribution >= 4 is 11.6 Å². The van der Waals surface area contributed by atoms with Crippen molar-refractivity contribution in [2.75, 3.05) is 37.7 Å². The Bertz CT molecular complexity index is 781. The summed E-state index contributed by atoms with van der Waals surface area (Å²) < 4.78 is 18.9. The molecule has 0 spiro atoms. The average molecular weight is 356 g/mol. The van der Waals surface area contributed by atoms with E-state index in [2.05, 4.69) is 11.0 Å². The molecule has 138 valence electrons. The molecule has 0 atom stereocenters. The molecule has 2 aromatic rings. The average Bonchev–Trinajstić information content (AvgIpc) is 2.65. The molecule has 1 fully saturated rings. The van der Waals surface area contributed by atoms with Gasteiger partial charge in [-0.05, 0) is 61.7 Å². The molecule has 0 aliphatic carbocycles. The maximum Gasteiger partial charge on any atom is 0.260 e. The Morgan fingerprint density at radius 3 is 2.23 bits per heavy atom. The van der Waals surface area contributed by atoms with Crippen molar-refractivity contribution in [2.45, 2.75) is 20.8 Å². The van der Waals surface area contributed by atoms with E-state index >= 15 is 0 Å². The van der Waals surface area contributed by atoms with Crippen LogP contribution in [0, 0.1) is 26.6 Å². The summed E-state index contributed by atoms with van der Waals surface area (Å²) in [5.41, 5.74) is 4.27. The predicted molar refractivity (Wildman–Crippen MR) is 101 cm³/mol. The first kappa shape index (κ1) is 18.2. The SMILES string of the molecule is Cc1ccc(C)c(OCC(=O)N2CCN(c3ccc(F)cc3)CC2)c1C. The third kappa shape index (κ3) is 3.98. The van der Waals surface area contributed by atoms with E-state index in [1.165, 1.54) is 12.1 Å². The lowest BCUT2D eigenvalue weighted by Crippen LogP contribution is -2.50. The summed E-state index contributed by atoms with van der Waals surface area (Å²) in [4.78, 5) is 16.5. The van der Waals surface area contributed by atoms with Gasteiger partial charge in [0.05, 0.1) is 0 Å². The highest BCUT2D eigenvalue weighted by atomic mass is 19.1. The second kappa shape index (κ2) is 7.77. The largest absolute Gasteiger partial charge is 0.483 e. The number of ether oxygens (including phenoxy) is 1. The predicted octanol–water partition coefficient (Wildman–Crippen LogP) is 3.48. The van der Waals surface area contributed by atoms with Gasteiger partial charge in [0.25, 0.3) is 5.91 Å². The fourth-order valence-corrected chi connectivity index (χ4v) is 3.24. The quantitative estimate of drug-likeness (QED) is 0.841. The maximum atomic E-state index is 13.0. The van der Waals surface area contributed by atoms with Crippen LogP contribution in [0.1, 0.15) is 16.7 Å². The smallest absolute Gasteiger partial charge is 0.260 e. The van der Waals surface area contributed by atoms with Gasteiger partial charge in [0.15, 0.2) is 6.61 Å². The van der Waals surface area contributed by atoms with Crippen LogP contribution in [-0.2, 0) is 4.79 Å². The number of benzene rings is 2. The van der Waals surface area contributed by atoms with Gasteiger partial charge in [-0.2, -0.15) is 0 Å². The molecule has 1 heterocycles. The molecule has 0 aromatic heterocycles. The first-order valence-electron chi connectivity index (χ1n) is 8.93. The van der Waals surface area contributed by atoms with E-state index in [1.807, 2.05) is 31.7 Å². The number of piperazine rings is 1. The monoisotopic (exact) mass is 356 g/mol. The Kier molecular flexibility index (Phi) is 5.45. The Labute approximate surface area is 154 Å². The molecule has 1 aliphatic heterocycles. The number of rotatable bonds is 4. The van der Waals surface area contributed by atoms with Crippen molar-refractivity contribution in [1.82, 2.24) is 4.90 Å². The van der Waals surface area contributed by atoms with Crippen molar-refractivity contribution in [3.05, 3.63) is 58.9 Å². The minimum Gasteiger partial charge on any atom is -0.483 e. The Hall–Kier alpha value is -2.56. The topological polar surface area (TPSA) is 32.8 Å². The Morgan fingerprint density at radius 2 is 1.58 bits per heavy atom.